The molecule has 5 rings (SSSR count). The summed E-state index contributed by atoms with van der Waals surface area (Å²) >= 11 is 0. The van der Waals surface area contributed by atoms with Gasteiger partial charge in [-0.1, -0.05) is 24.8 Å². The van der Waals surface area contributed by atoms with Crippen LogP contribution in [-0.2, 0) is 4.79 Å². The van der Waals surface area contributed by atoms with Gasteiger partial charge in [0.15, 0.2) is 5.82 Å². The van der Waals surface area contributed by atoms with Gasteiger partial charge in [0.2, 0.25) is 5.91 Å². The van der Waals surface area contributed by atoms with E-state index in [1.165, 1.54) is 6.08 Å². The largest absolute Gasteiger partial charge is 0.457 e. The molecule has 9 heteroatoms. The smallest absolute Gasteiger partial charge is 0.290 e. The van der Waals surface area contributed by atoms with Crippen LogP contribution in [-0.4, -0.2) is 31.9 Å². The fourth-order valence-corrected chi connectivity index (χ4v) is 4.61. The maximum atomic E-state index is 12.8. The molecule has 2 heterocycles. The molecule has 0 aliphatic heterocycles. The van der Waals surface area contributed by atoms with Gasteiger partial charge in [-0.15, -0.1) is 0 Å². The number of nitrogens with one attached hydrogen (secondary N) is 2. The number of nitrogens with zero attached hydrogens (tertiary/aromatic N) is 3. The normalized spacial score (nSPS) is 17.7. The molecule has 1 fully saturated rings. The third-order valence-electron chi connectivity index (χ3n) is 6.34. The van der Waals surface area contributed by atoms with E-state index in [-0.39, 0.29) is 29.4 Å². The number of hydrogen-bond acceptors (Lipinski definition) is 6. The second kappa shape index (κ2) is 9.46. The Hall–Kier alpha value is -4.40. The third kappa shape index (κ3) is 4.52. The van der Waals surface area contributed by atoms with Crippen molar-refractivity contribution in [3.05, 3.63) is 77.6 Å². The fourth-order valence-electron chi connectivity index (χ4n) is 4.61. The third-order valence-corrected chi connectivity index (χ3v) is 6.34. The maximum Gasteiger partial charge on any atom is 0.290 e. The second-order valence-electron chi connectivity index (χ2n) is 8.61. The molecule has 4 N–H and O–H groups in total. The first-order valence-corrected chi connectivity index (χ1v) is 11.6. The Kier molecular flexibility index (Phi) is 6.05. The molecule has 2 aromatic carbocycles. The van der Waals surface area contributed by atoms with Gasteiger partial charge in [0.05, 0.1) is 11.4 Å². The molecule has 0 atom stereocenters. The number of nitrogens with two attached hydrogens (primary N) is 1. The summed E-state index contributed by atoms with van der Waals surface area (Å²) in [5.41, 5.74) is 7.70. The molecule has 0 bridgehead atoms. The summed E-state index contributed by atoms with van der Waals surface area (Å²) in [6.45, 7) is 3.51. The first-order valence-electron chi connectivity index (χ1n) is 11.6. The predicted molar refractivity (Wildman–Crippen MR) is 134 cm³/mol. The lowest BCUT2D eigenvalue weighted by atomic mass is 9.91. The predicted octanol–water partition coefficient (Wildman–Crippen LogP) is 3.95. The number of nitrogen functional groups attached to an aromatic ring is 1. The highest BCUT2D eigenvalue weighted by molar-refractivity contribution is 5.99. The van der Waals surface area contributed by atoms with Crippen molar-refractivity contribution in [2.75, 3.05) is 5.73 Å². The van der Waals surface area contributed by atoms with Gasteiger partial charge in [-0.2, -0.15) is 10.2 Å². The summed E-state index contributed by atoms with van der Waals surface area (Å²) in [7, 11) is 0. The summed E-state index contributed by atoms with van der Waals surface area (Å²) in [5, 5.41) is 14.8. The van der Waals surface area contributed by atoms with Crippen LogP contribution in [0, 0.1) is 0 Å². The maximum absolute atomic E-state index is 12.8. The summed E-state index contributed by atoms with van der Waals surface area (Å²) < 4.78 is 7.67. The molecule has 0 unspecified atom stereocenters. The molecule has 0 saturated heterocycles. The SMILES string of the molecule is C=CC(=O)N[C@H]1CC[C@@H](n2nc(-c3ccc(Oc4ccccc4)cc3)c3c(N)n[nH]c(=O)c32)CC1. The van der Waals surface area contributed by atoms with Gasteiger partial charge < -0.3 is 15.8 Å². The van der Waals surface area contributed by atoms with E-state index >= 15 is 0 Å². The molecular weight excluding hydrogens is 444 g/mol. The Bertz CT molecular complexity index is 1420. The summed E-state index contributed by atoms with van der Waals surface area (Å²) in [5.74, 6) is 1.48. The average molecular weight is 471 g/mol. The Balaban J connectivity index is 1.46. The van der Waals surface area contributed by atoms with Gasteiger partial charge >= 0.3 is 0 Å². The molecule has 4 aromatic rings. The summed E-state index contributed by atoms with van der Waals surface area (Å²) in [6, 6.07) is 17.1. The topological polar surface area (TPSA) is 128 Å². The van der Waals surface area contributed by atoms with Crippen LogP contribution in [0.2, 0.25) is 0 Å². The standard InChI is InChI=1S/C26H26N6O3/c1-2-21(33)28-17-10-12-18(13-11-17)32-24-22(25(27)29-30-26(24)34)23(31-32)16-8-14-20(15-9-16)35-19-6-4-3-5-7-19/h2-9,14-15,17-18H,1,10-13H2,(H2,27,29)(H,28,33)(H,30,34)/t17-,18+. The molecule has 9 nitrogen and oxygen atoms in total. The van der Waals surface area contributed by atoms with E-state index in [0.29, 0.717) is 22.3 Å². The fraction of sp³-hybridized carbons (Fsp3) is 0.231. The summed E-state index contributed by atoms with van der Waals surface area (Å²) in [4.78, 5) is 24.5. The number of fused-ring (bicyclic) bond motifs is 1. The molecule has 178 valence electrons. The van der Waals surface area contributed by atoms with Crippen LogP contribution in [0.5, 0.6) is 11.5 Å². The van der Waals surface area contributed by atoms with Crippen molar-refractivity contribution in [1.82, 2.24) is 25.3 Å². The molecule has 2 aromatic heterocycles. The zero-order valence-corrected chi connectivity index (χ0v) is 19.1. The van der Waals surface area contributed by atoms with Crippen LogP contribution < -0.4 is 21.3 Å². The number of benzene rings is 2. The van der Waals surface area contributed by atoms with Crippen LogP contribution in [0.3, 0.4) is 0 Å². The number of amides is 1. The molecule has 0 spiro atoms. The highest BCUT2D eigenvalue weighted by Crippen LogP contribution is 2.36. The number of carbonyl (C=O) groups excluding carboxylic acids is 1. The number of aromatic nitrogens is 4. The van der Waals surface area contributed by atoms with E-state index in [0.717, 1.165) is 37.0 Å². The minimum absolute atomic E-state index is 0.00622. The number of H-pyrrole nitrogens is 1. The van der Waals surface area contributed by atoms with Crippen LogP contribution in [0.1, 0.15) is 31.7 Å². The van der Waals surface area contributed by atoms with Crippen molar-refractivity contribution in [2.45, 2.75) is 37.8 Å². The number of anilines is 1. The van der Waals surface area contributed by atoms with Crippen LogP contribution in [0.15, 0.2) is 72.0 Å². The monoisotopic (exact) mass is 470 g/mol. The van der Waals surface area contributed by atoms with E-state index in [9.17, 15) is 9.59 Å². The number of ether oxygens (including phenoxy) is 1. The average Bonchev–Trinajstić information content (AvgIpc) is 3.30. The van der Waals surface area contributed by atoms with Crippen LogP contribution in [0.4, 0.5) is 5.82 Å². The zero-order valence-electron chi connectivity index (χ0n) is 19.1. The van der Waals surface area contributed by atoms with Crippen LogP contribution in [0.25, 0.3) is 22.2 Å². The van der Waals surface area contributed by atoms with Gasteiger partial charge in [0.25, 0.3) is 5.56 Å². The van der Waals surface area contributed by atoms with Crippen molar-refractivity contribution < 1.29 is 9.53 Å². The molecular formula is C26H26N6O3. The van der Waals surface area contributed by atoms with Crippen molar-refractivity contribution in [2.24, 2.45) is 0 Å². The Morgan fingerprint density at radius 1 is 1.09 bits per heavy atom. The first-order chi connectivity index (χ1) is 17.0. The number of para-hydroxylation sites is 1. The number of rotatable bonds is 6. The van der Waals surface area contributed by atoms with Gasteiger partial charge in [0, 0.05) is 11.6 Å². The van der Waals surface area contributed by atoms with Crippen molar-refractivity contribution in [3.8, 4) is 22.8 Å². The number of carbonyl (C=O) groups is 1. The van der Waals surface area contributed by atoms with E-state index in [4.69, 9.17) is 15.6 Å². The Morgan fingerprint density at radius 2 is 1.77 bits per heavy atom. The molecule has 1 saturated carbocycles. The molecule has 1 amide bonds. The van der Waals surface area contributed by atoms with Crippen LogP contribution >= 0.6 is 0 Å². The minimum Gasteiger partial charge on any atom is -0.457 e. The van der Waals surface area contributed by atoms with E-state index in [1.807, 2.05) is 54.6 Å². The van der Waals surface area contributed by atoms with Crippen molar-refractivity contribution >= 4 is 22.6 Å². The number of hydrogen-bond donors (Lipinski definition) is 3. The second-order valence-corrected chi connectivity index (χ2v) is 8.61. The molecule has 35 heavy (non-hydrogen) atoms. The molecule has 0 radical (unpaired) electrons. The number of aromatic amines is 1. The minimum atomic E-state index is -0.334. The lowest BCUT2D eigenvalue weighted by Crippen LogP contribution is -2.37. The van der Waals surface area contributed by atoms with Crippen molar-refractivity contribution in [3.63, 3.8) is 0 Å². The van der Waals surface area contributed by atoms with E-state index in [1.54, 1.807) is 4.68 Å². The van der Waals surface area contributed by atoms with Gasteiger partial charge in [-0.25, -0.2) is 5.10 Å². The lowest BCUT2D eigenvalue weighted by molar-refractivity contribution is -0.117. The zero-order chi connectivity index (χ0) is 24.4. The first kappa shape index (κ1) is 22.4. The molecule has 1 aliphatic rings. The lowest BCUT2D eigenvalue weighted by Gasteiger charge is -2.29. The summed E-state index contributed by atoms with van der Waals surface area (Å²) in [6.07, 6.45) is 4.38. The Morgan fingerprint density at radius 3 is 2.46 bits per heavy atom. The highest BCUT2D eigenvalue weighted by Gasteiger charge is 2.28. The van der Waals surface area contributed by atoms with Gasteiger partial charge in [-0.05, 0) is 68.2 Å². The van der Waals surface area contributed by atoms with Gasteiger partial charge in [-0.3, -0.25) is 14.3 Å². The highest BCUT2D eigenvalue weighted by atomic mass is 16.5. The Labute approximate surface area is 201 Å². The van der Waals surface area contributed by atoms with Gasteiger partial charge in [0.1, 0.15) is 22.7 Å². The van der Waals surface area contributed by atoms with Crippen molar-refractivity contribution in [1.29, 1.82) is 0 Å². The quantitative estimate of drug-likeness (QED) is 0.366. The van der Waals surface area contributed by atoms with E-state index < -0.39 is 0 Å². The van der Waals surface area contributed by atoms with E-state index in [2.05, 4.69) is 22.1 Å². The molecule has 1 aliphatic carbocycles.